The van der Waals surface area contributed by atoms with Gasteiger partial charge in [0.1, 0.15) is 0 Å². The number of non-ortho nitro benzene ring substituents is 1. The van der Waals surface area contributed by atoms with E-state index in [1.165, 1.54) is 0 Å². The molecule has 0 bridgehead atoms. The summed E-state index contributed by atoms with van der Waals surface area (Å²) in [5.41, 5.74) is 7.67. The summed E-state index contributed by atoms with van der Waals surface area (Å²) in [4.78, 5) is 16.2. The van der Waals surface area contributed by atoms with Gasteiger partial charge < -0.3 is 11.1 Å². The van der Waals surface area contributed by atoms with Gasteiger partial charge >= 0.3 is 0 Å². The number of anilines is 1. The number of nitrogens with two attached hydrogens (primary N) is 1. The first kappa shape index (κ1) is 17.4. The smallest absolute Gasteiger partial charge is 0.269 e. The first-order valence-electron chi connectivity index (χ1n) is 7.84. The Balaban J connectivity index is 2.21. The third-order valence-electron chi connectivity index (χ3n) is 3.48. The van der Waals surface area contributed by atoms with Crippen LogP contribution < -0.4 is 11.1 Å². The van der Waals surface area contributed by atoms with Gasteiger partial charge in [0.25, 0.3) is 5.69 Å². The van der Waals surface area contributed by atoms with E-state index in [9.17, 15) is 10.1 Å². The van der Waals surface area contributed by atoms with E-state index in [1.54, 1.807) is 35.6 Å². The number of rotatable bonds is 9. The van der Waals surface area contributed by atoms with Gasteiger partial charge in [0.05, 0.1) is 15.5 Å². The third kappa shape index (κ3) is 4.74. The van der Waals surface area contributed by atoms with Gasteiger partial charge in [-0.2, -0.15) is 0 Å². The summed E-state index contributed by atoms with van der Waals surface area (Å²) in [5, 5.41) is 14.9. The van der Waals surface area contributed by atoms with Crippen LogP contribution in [0.2, 0.25) is 0 Å². The number of nitro groups is 1. The Morgan fingerprint density at radius 2 is 2.00 bits per heavy atom. The number of thiazole rings is 1. The van der Waals surface area contributed by atoms with Crippen LogP contribution in [0.5, 0.6) is 0 Å². The summed E-state index contributed by atoms with van der Waals surface area (Å²) in [6.07, 6.45) is 4.06. The van der Waals surface area contributed by atoms with Crippen molar-refractivity contribution in [2.45, 2.75) is 32.6 Å². The highest BCUT2D eigenvalue weighted by atomic mass is 32.1. The summed E-state index contributed by atoms with van der Waals surface area (Å²) >= 11 is 1.60. The standard InChI is InChI=1S/C16H22N4O2S/c1-2-18-16-19-14(6-4-3-5-11-17)15(23-16)12-7-9-13(10-8-12)20(21)22/h7-10H,2-6,11,17H2,1H3,(H,18,19). The van der Waals surface area contributed by atoms with Gasteiger partial charge in [0.2, 0.25) is 0 Å². The second-order valence-corrected chi connectivity index (χ2v) is 6.23. The van der Waals surface area contributed by atoms with Crippen LogP contribution in [0, 0.1) is 10.1 Å². The van der Waals surface area contributed by atoms with Gasteiger partial charge in [0, 0.05) is 18.7 Å². The zero-order valence-corrected chi connectivity index (χ0v) is 14.1. The van der Waals surface area contributed by atoms with Crippen molar-refractivity contribution in [1.82, 2.24) is 4.98 Å². The lowest BCUT2D eigenvalue weighted by Gasteiger charge is -2.02. The molecule has 6 nitrogen and oxygen atoms in total. The fraction of sp³-hybridized carbons (Fsp3) is 0.438. The quantitative estimate of drug-likeness (QED) is 0.413. The molecular formula is C16H22N4O2S. The molecule has 0 saturated heterocycles. The van der Waals surface area contributed by atoms with Gasteiger partial charge in [-0.1, -0.05) is 17.8 Å². The van der Waals surface area contributed by atoms with Crippen LogP contribution in [-0.4, -0.2) is 23.0 Å². The fourth-order valence-corrected chi connectivity index (χ4v) is 3.41. The van der Waals surface area contributed by atoms with Crippen molar-refractivity contribution in [3.8, 4) is 10.4 Å². The molecule has 1 heterocycles. The van der Waals surface area contributed by atoms with Gasteiger partial charge in [-0.25, -0.2) is 4.98 Å². The predicted octanol–water partition coefficient (Wildman–Crippen LogP) is 3.82. The van der Waals surface area contributed by atoms with Gasteiger partial charge in [0.15, 0.2) is 5.13 Å². The number of nitro benzene ring substituents is 1. The van der Waals surface area contributed by atoms with E-state index in [0.717, 1.165) is 60.0 Å². The van der Waals surface area contributed by atoms with Crippen LogP contribution in [-0.2, 0) is 6.42 Å². The van der Waals surface area contributed by atoms with Crippen LogP contribution in [0.3, 0.4) is 0 Å². The van der Waals surface area contributed by atoms with E-state index in [-0.39, 0.29) is 10.6 Å². The highest BCUT2D eigenvalue weighted by Crippen LogP contribution is 2.34. The molecule has 0 unspecified atom stereocenters. The Morgan fingerprint density at radius 1 is 1.26 bits per heavy atom. The highest BCUT2D eigenvalue weighted by molar-refractivity contribution is 7.19. The molecule has 0 saturated carbocycles. The number of nitrogens with zero attached hydrogens (tertiary/aromatic N) is 2. The summed E-state index contributed by atoms with van der Waals surface area (Å²) < 4.78 is 0. The topological polar surface area (TPSA) is 94.1 Å². The third-order valence-corrected chi connectivity index (χ3v) is 4.59. The summed E-state index contributed by atoms with van der Waals surface area (Å²) in [6, 6.07) is 6.68. The molecule has 0 radical (unpaired) electrons. The monoisotopic (exact) mass is 334 g/mol. The van der Waals surface area contributed by atoms with Crippen LogP contribution in [0.15, 0.2) is 24.3 Å². The van der Waals surface area contributed by atoms with Crippen LogP contribution in [0.25, 0.3) is 10.4 Å². The number of aromatic nitrogens is 1. The van der Waals surface area contributed by atoms with Gasteiger partial charge in [-0.05, 0) is 50.4 Å². The largest absolute Gasteiger partial charge is 0.362 e. The molecule has 0 aliphatic carbocycles. The number of hydrogen-bond donors (Lipinski definition) is 2. The lowest BCUT2D eigenvalue weighted by Crippen LogP contribution is -1.99. The highest BCUT2D eigenvalue weighted by Gasteiger charge is 2.14. The van der Waals surface area contributed by atoms with Gasteiger partial charge in [-0.15, -0.1) is 0 Å². The minimum Gasteiger partial charge on any atom is -0.362 e. The molecule has 0 atom stereocenters. The normalized spacial score (nSPS) is 10.7. The first-order valence-corrected chi connectivity index (χ1v) is 8.65. The molecular weight excluding hydrogens is 312 g/mol. The van der Waals surface area contributed by atoms with Crippen molar-refractivity contribution >= 4 is 22.2 Å². The van der Waals surface area contributed by atoms with E-state index < -0.39 is 0 Å². The maximum Gasteiger partial charge on any atom is 0.269 e. The Bertz CT molecular complexity index is 640. The zero-order valence-electron chi connectivity index (χ0n) is 13.2. The molecule has 0 aliphatic heterocycles. The summed E-state index contributed by atoms with van der Waals surface area (Å²) in [5.74, 6) is 0. The molecule has 0 fully saturated rings. The molecule has 1 aromatic carbocycles. The Morgan fingerprint density at radius 3 is 2.61 bits per heavy atom. The zero-order chi connectivity index (χ0) is 16.7. The second-order valence-electron chi connectivity index (χ2n) is 5.23. The van der Waals surface area contributed by atoms with E-state index in [1.807, 2.05) is 6.92 Å². The Kier molecular flexibility index (Phi) is 6.49. The van der Waals surface area contributed by atoms with Crippen LogP contribution in [0.4, 0.5) is 10.8 Å². The molecule has 2 aromatic rings. The molecule has 7 heteroatoms. The van der Waals surface area contributed by atoms with Crippen molar-refractivity contribution in [2.24, 2.45) is 5.73 Å². The van der Waals surface area contributed by atoms with Crippen LogP contribution in [0.1, 0.15) is 31.9 Å². The first-order chi connectivity index (χ1) is 11.2. The number of hydrogen-bond acceptors (Lipinski definition) is 6. The number of aryl methyl sites for hydroxylation is 1. The Labute approximate surface area is 139 Å². The van der Waals surface area contributed by atoms with E-state index in [4.69, 9.17) is 5.73 Å². The number of benzene rings is 1. The number of nitrogens with one attached hydrogen (secondary N) is 1. The molecule has 0 amide bonds. The maximum absolute atomic E-state index is 10.8. The molecule has 1 aromatic heterocycles. The lowest BCUT2D eigenvalue weighted by atomic mass is 10.1. The molecule has 2 rings (SSSR count). The van der Waals surface area contributed by atoms with Crippen molar-refractivity contribution in [3.63, 3.8) is 0 Å². The SMILES string of the molecule is CCNc1nc(CCCCCN)c(-c2ccc([N+](=O)[O-])cc2)s1. The Hall–Kier alpha value is -1.99. The fourth-order valence-electron chi connectivity index (χ4n) is 2.32. The average molecular weight is 334 g/mol. The summed E-state index contributed by atoms with van der Waals surface area (Å²) in [6.45, 7) is 3.57. The van der Waals surface area contributed by atoms with Crippen molar-refractivity contribution in [3.05, 3.63) is 40.1 Å². The number of unbranched alkanes of at least 4 members (excludes halogenated alkanes) is 2. The van der Waals surface area contributed by atoms with Crippen molar-refractivity contribution in [1.29, 1.82) is 0 Å². The molecule has 0 spiro atoms. The summed E-state index contributed by atoms with van der Waals surface area (Å²) in [7, 11) is 0. The van der Waals surface area contributed by atoms with Crippen molar-refractivity contribution < 1.29 is 4.92 Å². The van der Waals surface area contributed by atoms with E-state index in [0.29, 0.717) is 0 Å². The minimum atomic E-state index is -0.381. The second kappa shape index (κ2) is 8.59. The lowest BCUT2D eigenvalue weighted by molar-refractivity contribution is -0.384. The molecule has 3 N–H and O–H groups in total. The molecule has 0 aliphatic rings. The average Bonchev–Trinajstić information content (AvgIpc) is 2.95. The van der Waals surface area contributed by atoms with Gasteiger partial charge in [-0.3, -0.25) is 10.1 Å². The maximum atomic E-state index is 10.8. The van der Waals surface area contributed by atoms with E-state index in [2.05, 4.69) is 10.3 Å². The molecule has 23 heavy (non-hydrogen) atoms. The predicted molar refractivity (Wildman–Crippen MR) is 95.0 cm³/mol. The van der Waals surface area contributed by atoms with Crippen LogP contribution >= 0.6 is 11.3 Å². The minimum absolute atomic E-state index is 0.106. The molecule has 124 valence electrons. The van der Waals surface area contributed by atoms with E-state index >= 15 is 0 Å². The van der Waals surface area contributed by atoms with Crippen molar-refractivity contribution in [2.75, 3.05) is 18.4 Å².